The Labute approximate surface area is 315 Å². The molecule has 0 amide bonds. The summed E-state index contributed by atoms with van der Waals surface area (Å²) in [6, 6.07) is 64.6. The van der Waals surface area contributed by atoms with Gasteiger partial charge >= 0.3 is 317 Å². The Morgan fingerprint density at radius 2 is 0.596 bits per heavy atom. The third-order valence-electron chi connectivity index (χ3n) is 9.64. The zero-order chi connectivity index (χ0) is 36.3. The van der Waals surface area contributed by atoms with Gasteiger partial charge in [-0.2, -0.15) is 0 Å². The number of hydrogen-bond donors (Lipinski definition) is 0. The van der Waals surface area contributed by atoms with Crippen molar-refractivity contribution >= 4 is 72.5 Å². The van der Waals surface area contributed by atoms with E-state index in [0.717, 1.165) is 37.0 Å². The zero-order valence-corrected chi connectivity index (χ0v) is 34.4. The molecule has 0 fully saturated rings. The summed E-state index contributed by atoms with van der Waals surface area (Å²) in [6.45, 7) is -1.21. The topological polar surface area (TPSA) is 43.4 Å². The van der Waals surface area contributed by atoms with Gasteiger partial charge < -0.3 is 0 Å². The van der Waals surface area contributed by atoms with E-state index in [-0.39, 0.29) is 0 Å². The van der Waals surface area contributed by atoms with Gasteiger partial charge in [0.05, 0.1) is 0 Å². The summed E-state index contributed by atoms with van der Waals surface area (Å²) in [4.78, 5) is 0. The van der Waals surface area contributed by atoms with Crippen LogP contribution < -0.4 is 31.8 Å². The van der Waals surface area contributed by atoms with E-state index in [1.54, 1.807) is 0 Å². The molecule has 0 aliphatic heterocycles. The fourth-order valence-corrected chi connectivity index (χ4v) is 26.6. The summed E-state index contributed by atoms with van der Waals surface area (Å²) in [5, 5.41) is 7.83. The quantitative estimate of drug-likeness (QED) is 0.0874. The molecule has 6 aromatic carbocycles. The second kappa shape index (κ2) is 17.9. The van der Waals surface area contributed by atoms with Gasteiger partial charge in [-0.05, 0) is 0 Å². The van der Waals surface area contributed by atoms with E-state index in [9.17, 15) is 8.42 Å². The summed E-state index contributed by atoms with van der Waals surface area (Å²) in [7, 11) is -6.03. The summed E-state index contributed by atoms with van der Waals surface area (Å²) >= 11 is 0. The van der Waals surface area contributed by atoms with Crippen LogP contribution in [0, 0.1) is 0 Å². The van der Waals surface area contributed by atoms with Crippen LogP contribution in [0.15, 0.2) is 182 Å². The van der Waals surface area contributed by atoms with Gasteiger partial charge in [0.25, 0.3) is 0 Å². The molecular weight excluding hydrogens is 732 g/mol. The van der Waals surface area contributed by atoms with E-state index in [4.69, 9.17) is 3.97 Å². The van der Waals surface area contributed by atoms with Crippen molar-refractivity contribution in [2.45, 2.75) is 0 Å². The van der Waals surface area contributed by atoms with Crippen LogP contribution in [0.4, 0.5) is 0 Å². The van der Waals surface area contributed by atoms with Gasteiger partial charge in [-0.25, -0.2) is 0 Å². The van der Waals surface area contributed by atoms with E-state index >= 15 is 0 Å². The molecule has 52 heavy (non-hydrogen) atoms. The van der Waals surface area contributed by atoms with Crippen LogP contribution in [0.5, 0.6) is 0 Å². The van der Waals surface area contributed by atoms with Gasteiger partial charge in [-0.3, -0.25) is 0 Å². The van der Waals surface area contributed by atoms with Gasteiger partial charge in [0.2, 0.25) is 0 Å². The molecule has 0 radical (unpaired) electrons. The predicted molar refractivity (Wildman–Crippen MR) is 235 cm³/mol. The van der Waals surface area contributed by atoms with Crippen LogP contribution in [-0.2, 0) is 14.1 Å². The van der Waals surface area contributed by atoms with Crippen molar-refractivity contribution in [2.24, 2.45) is 0 Å². The Bertz CT molecular complexity index is 1740. The van der Waals surface area contributed by atoms with Gasteiger partial charge in [0.1, 0.15) is 0 Å². The molecule has 0 bridgehead atoms. The average molecular weight is 781 g/mol. The van der Waals surface area contributed by atoms with Gasteiger partial charge in [-0.15, -0.1) is 0 Å². The van der Waals surface area contributed by atoms with Gasteiger partial charge in [-0.1, -0.05) is 0 Å². The van der Waals surface area contributed by atoms with Crippen molar-refractivity contribution in [1.82, 2.24) is 0 Å². The Kier molecular flexibility index (Phi) is 13.3. The molecule has 3 nitrogen and oxygen atoms in total. The van der Waals surface area contributed by atoms with Crippen molar-refractivity contribution in [3.05, 3.63) is 182 Å². The molecule has 0 N–H and O–H groups in total. The van der Waals surface area contributed by atoms with E-state index in [1.807, 2.05) is 0 Å². The maximum absolute atomic E-state index is 13.6. The SMILES string of the molecule is CS(=O)(=O)OP(C)(CCP(c1ccccc1)c1ccccc1)(CCP(c1ccccc1)c1ccccc1)CCP(c1ccccc1)c1ccccc1. The zero-order valence-electron chi connectivity index (χ0n) is 30.0. The minimum atomic E-state index is -3.79. The molecule has 0 unspecified atom stereocenters. The monoisotopic (exact) mass is 780 g/mol. The molecule has 268 valence electrons. The third kappa shape index (κ3) is 10.5. The first-order chi connectivity index (χ1) is 25.2. The molecule has 0 saturated heterocycles. The Morgan fingerprint density at radius 1 is 0.404 bits per heavy atom. The van der Waals surface area contributed by atoms with E-state index in [0.29, 0.717) is 0 Å². The fourth-order valence-electron chi connectivity index (χ4n) is 6.89. The maximum atomic E-state index is 13.6. The summed E-state index contributed by atoms with van der Waals surface area (Å²) in [6.07, 6.45) is 6.03. The minimum absolute atomic E-state index is 0.730. The van der Waals surface area contributed by atoms with E-state index in [1.165, 1.54) is 38.1 Å². The Balaban J connectivity index is 1.44. The van der Waals surface area contributed by atoms with E-state index < -0.39 is 40.7 Å². The van der Waals surface area contributed by atoms with Crippen LogP contribution in [0.1, 0.15) is 0 Å². The normalized spacial score (nSPS) is 12.9. The molecule has 6 aromatic rings. The molecule has 0 spiro atoms. The van der Waals surface area contributed by atoms with Crippen LogP contribution in [0.3, 0.4) is 0 Å². The standard InChI is InChI=1S/C44H48O3P4S/c1-51(47-52(2,45)46,36-33-48(39-21-9-3-10-22-39)40-23-11-4-12-24-40,37-34-49(41-25-13-5-14-26-41)42-27-15-6-16-28-42)38-35-50(43-29-17-7-18-30-43)44-31-19-8-20-32-44/h3-32H,33-38H2,1-2H3. The molecule has 0 aliphatic carbocycles. The average Bonchev–Trinajstić information content (AvgIpc) is 3.17. The molecule has 0 heterocycles. The van der Waals surface area contributed by atoms with Crippen molar-refractivity contribution in [3.8, 4) is 0 Å². The first kappa shape index (κ1) is 38.7. The Hall–Kier alpha value is -3.05. The van der Waals surface area contributed by atoms with Crippen molar-refractivity contribution < 1.29 is 12.4 Å². The van der Waals surface area contributed by atoms with Crippen molar-refractivity contribution in [1.29, 1.82) is 0 Å². The van der Waals surface area contributed by atoms with Gasteiger partial charge in [0, 0.05) is 0 Å². The number of rotatable bonds is 17. The number of hydrogen-bond acceptors (Lipinski definition) is 3. The third-order valence-corrected chi connectivity index (χ3v) is 25.6. The summed E-state index contributed by atoms with van der Waals surface area (Å²) in [5.41, 5.74) is 0. The molecule has 6 rings (SSSR count). The molecular formula is C44H48O3P4S. The summed E-state index contributed by atoms with van der Waals surface area (Å²) in [5.74, 6) is 0. The number of benzene rings is 6. The molecule has 8 heteroatoms. The second-order valence-electron chi connectivity index (χ2n) is 13.6. The van der Waals surface area contributed by atoms with Crippen molar-refractivity contribution in [3.63, 3.8) is 0 Å². The Morgan fingerprint density at radius 3 is 0.769 bits per heavy atom. The molecule has 0 saturated carbocycles. The predicted octanol–water partition coefficient (Wildman–Crippen LogP) is 8.46. The first-order valence-corrected chi connectivity index (χ1v) is 27.3. The van der Waals surface area contributed by atoms with Crippen LogP contribution in [0.25, 0.3) is 0 Å². The van der Waals surface area contributed by atoms with Gasteiger partial charge in [0.15, 0.2) is 0 Å². The van der Waals surface area contributed by atoms with Crippen LogP contribution in [0.2, 0.25) is 0 Å². The van der Waals surface area contributed by atoms with Crippen LogP contribution in [-0.4, -0.2) is 58.3 Å². The molecule has 0 atom stereocenters. The van der Waals surface area contributed by atoms with E-state index in [2.05, 4.69) is 189 Å². The van der Waals surface area contributed by atoms with Crippen LogP contribution >= 0.6 is 30.6 Å². The fraction of sp³-hybridized carbons (Fsp3) is 0.182. The second-order valence-corrected chi connectivity index (χ2v) is 28.3. The molecule has 0 aromatic heterocycles. The first-order valence-electron chi connectivity index (χ1n) is 17.7. The van der Waals surface area contributed by atoms with Crippen molar-refractivity contribution in [2.75, 3.05) is 49.9 Å². The summed E-state index contributed by atoms with van der Waals surface area (Å²) < 4.78 is 34.1. The molecule has 0 aliphatic rings.